The number of rotatable bonds is 4. The number of morpholine rings is 1. The normalized spacial score (nSPS) is 22.5. The van der Waals surface area contributed by atoms with Crippen molar-refractivity contribution >= 4 is 16.8 Å². The average molecular weight is 466 g/mol. The van der Waals surface area contributed by atoms with Crippen molar-refractivity contribution in [3.8, 4) is 11.1 Å². The lowest BCUT2D eigenvalue weighted by Crippen LogP contribution is -2.47. The molecule has 35 heavy (non-hydrogen) atoms. The van der Waals surface area contributed by atoms with E-state index in [2.05, 4.69) is 88.7 Å². The van der Waals surface area contributed by atoms with Gasteiger partial charge >= 0.3 is 0 Å². The van der Waals surface area contributed by atoms with Gasteiger partial charge in [-0.15, -0.1) is 0 Å². The van der Waals surface area contributed by atoms with Crippen LogP contribution >= 0.6 is 0 Å². The fourth-order valence-electron chi connectivity index (χ4n) is 5.83. The maximum Gasteiger partial charge on any atom is 0.228 e. The molecule has 0 saturated carbocycles. The summed E-state index contributed by atoms with van der Waals surface area (Å²) in [5, 5.41) is 4.76. The smallest absolute Gasteiger partial charge is 0.228 e. The van der Waals surface area contributed by atoms with E-state index in [4.69, 9.17) is 4.74 Å². The summed E-state index contributed by atoms with van der Waals surface area (Å²) in [5.41, 5.74) is 6.02. The van der Waals surface area contributed by atoms with E-state index in [1.807, 2.05) is 18.2 Å². The number of ether oxygens (including phenoxy) is 1. The Bertz CT molecular complexity index is 1350. The maximum absolute atomic E-state index is 14.0. The van der Waals surface area contributed by atoms with Gasteiger partial charge in [-0.3, -0.25) is 4.79 Å². The molecule has 1 aromatic heterocycles. The van der Waals surface area contributed by atoms with Crippen molar-refractivity contribution in [3.05, 3.63) is 96.2 Å². The van der Waals surface area contributed by atoms with Crippen LogP contribution < -0.4 is 5.32 Å². The monoisotopic (exact) mass is 465 g/mol. The van der Waals surface area contributed by atoms with Crippen LogP contribution in [0.5, 0.6) is 0 Å². The van der Waals surface area contributed by atoms with Gasteiger partial charge in [-0.2, -0.15) is 0 Å². The minimum atomic E-state index is -0.0964. The molecule has 0 radical (unpaired) electrons. The Labute approximate surface area is 206 Å². The van der Waals surface area contributed by atoms with E-state index in [-0.39, 0.29) is 23.8 Å². The van der Waals surface area contributed by atoms with Crippen LogP contribution in [0.25, 0.3) is 22.0 Å². The molecule has 2 aliphatic heterocycles. The molecule has 2 aliphatic rings. The van der Waals surface area contributed by atoms with Crippen molar-refractivity contribution in [2.24, 2.45) is 13.0 Å². The van der Waals surface area contributed by atoms with Gasteiger partial charge in [-0.25, -0.2) is 0 Å². The second-order valence-corrected chi connectivity index (χ2v) is 9.69. The van der Waals surface area contributed by atoms with E-state index in [0.717, 1.165) is 12.1 Å². The molecular weight excluding hydrogens is 434 g/mol. The van der Waals surface area contributed by atoms with Gasteiger partial charge in [0.05, 0.1) is 25.2 Å². The minimum absolute atomic E-state index is 0.0329. The van der Waals surface area contributed by atoms with Crippen molar-refractivity contribution in [2.45, 2.75) is 12.0 Å². The highest BCUT2D eigenvalue weighted by Crippen LogP contribution is 2.38. The molecule has 178 valence electrons. The van der Waals surface area contributed by atoms with Crippen LogP contribution in [0, 0.1) is 5.92 Å². The van der Waals surface area contributed by atoms with Gasteiger partial charge in [-0.1, -0.05) is 60.7 Å². The molecule has 5 nitrogen and oxygen atoms in total. The second kappa shape index (κ2) is 9.33. The van der Waals surface area contributed by atoms with Crippen molar-refractivity contribution in [1.82, 2.24) is 14.8 Å². The number of amides is 1. The zero-order valence-corrected chi connectivity index (χ0v) is 20.1. The summed E-state index contributed by atoms with van der Waals surface area (Å²) in [5.74, 6) is 0.260. The predicted octanol–water partition coefficient (Wildman–Crippen LogP) is 4.75. The fraction of sp³-hybridized carbons (Fsp3) is 0.300. The Morgan fingerprint density at radius 3 is 2.69 bits per heavy atom. The fourth-order valence-corrected chi connectivity index (χ4v) is 5.83. The summed E-state index contributed by atoms with van der Waals surface area (Å²) in [6.07, 6.45) is 2.10. The Balaban J connectivity index is 1.33. The summed E-state index contributed by atoms with van der Waals surface area (Å²) < 4.78 is 7.94. The van der Waals surface area contributed by atoms with Crippen LogP contribution in [0.1, 0.15) is 23.1 Å². The van der Waals surface area contributed by atoms with E-state index < -0.39 is 0 Å². The first-order valence-corrected chi connectivity index (χ1v) is 12.5. The number of carbonyl (C=O) groups is 1. The first-order chi connectivity index (χ1) is 17.2. The predicted molar refractivity (Wildman–Crippen MR) is 139 cm³/mol. The number of aryl methyl sites for hydroxylation is 1. The van der Waals surface area contributed by atoms with Crippen LogP contribution in [0.2, 0.25) is 0 Å². The molecule has 2 unspecified atom stereocenters. The zero-order chi connectivity index (χ0) is 23.8. The molecule has 6 rings (SSSR count). The third-order valence-corrected chi connectivity index (χ3v) is 7.68. The molecule has 2 saturated heterocycles. The van der Waals surface area contributed by atoms with Gasteiger partial charge in [0.2, 0.25) is 5.91 Å². The van der Waals surface area contributed by atoms with Gasteiger partial charge in [-0.05, 0) is 40.5 Å². The second-order valence-electron chi connectivity index (χ2n) is 9.69. The first kappa shape index (κ1) is 22.1. The lowest BCUT2D eigenvalue weighted by molar-refractivity contribution is -0.144. The van der Waals surface area contributed by atoms with Crippen LogP contribution in [-0.2, 0) is 16.6 Å². The lowest BCUT2D eigenvalue weighted by Gasteiger charge is -2.38. The molecule has 3 heterocycles. The number of nitrogens with zero attached hydrogens (tertiary/aromatic N) is 2. The molecule has 3 aromatic carbocycles. The van der Waals surface area contributed by atoms with Crippen molar-refractivity contribution in [3.63, 3.8) is 0 Å². The summed E-state index contributed by atoms with van der Waals surface area (Å²) in [6.45, 7) is 3.28. The Kier molecular flexibility index (Phi) is 5.88. The van der Waals surface area contributed by atoms with Crippen molar-refractivity contribution < 1.29 is 9.53 Å². The average Bonchev–Trinajstić information content (AvgIpc) is 3.55. The highest BCUT2D eigenvalue weighted by Gasteiger charge is 2.40. The first-order valence-electron chi connectivity index (χ1n) is 12.5. The highest BCUT2D eigenvalue weighted by atomic mass is 16.5. The number of aromatic nitrogens is 1. The van der Waals surface area contributed by atoms with Gasteiger partial charge in [0, 0.05) is 49.7 Å². The molecule has 5 heteroatoms. The lowest BCUT2D eigenvalue weighted by atomic mass is 9.83. The quantitative estimate of drug-likeness (QED) is 0.473. The van der Waals surface area contributed by atoms with Crippen LogP contribution in [0.4, 0.5) is 0 Å². The molecule has 1 amide bonds. The Morgan fingerprint density at radius 1 is 0.971 bits per heavy atom. The van der Waals surface area contributed by atoms with E-state index in [9.17, 15) is 4.79 Å². The van der Waals surface area contributed by atoms with Crippen LogP contribution in [-0.4, -0.2) is 48.2 Å². The van der Waals surface area contributed by atoms with E-state index >= 15 is 0 Å². The van der Waals surface area contributed by atoms with Crippen LogP contribution in [0.3, 0.4) is 0 Å². The Morgan fingerprint density at radius 2 is 1.80 bits per heavy atom. The number of hydrogen-bond donors (Lipinski definition) is 1. The highest BCUT2D eigenvalue weighted by molar-refractivity contribution is 5.87. The molecule has 2 fully saturated rings. The van der Waals surface area contributed by atoms with Gasteiger partial charge in [0.15, 0.2) is 0 Å². The number of benzene rings is 3. The molecule has 4 aromatic rings. The van der Waals surface area contributed by atoms with Crippen LogP contribution in [0.15, 0.2) is 85.1 Å². The molecule has 0 aliphatic carbocycles. The van der Waals surface area contributed by atoms with E-state index in [0.29, 0.717) is 26.3 Å². The number of hydrogen-bond acceptors (Lipinski definition) is 3. The zero-order valence-electron chi connectivity index (χ0n) is 20.1. The molecular formula is C30H31N3O2. The van der Waals surface area contributed by atoms with E-state index in [1.165, 1.54) is 27.6 Å². The number of fused-ring (bicyclic) bond motifs is 1. The summed E-state index contributed by atoms with van der Waals surface area (Å²) in [6, 6.07) is 27.7. The summed E-state index contributed by atoms with van der Waals surface area (Å²) in [7, 11) is 2.07. The molecule has 1 N–H and O–H groups in total. The molecule has 0 bridgehead atoms. The maximum atomic E-state index is 14.0. The van der Waals surface area contributed by atoms with Crippen molar-refractivity contribution in [1.29, 1.82) is 0 Å². The summed E-state index contributed by atoms with van der Waals surface area (Å²) >= 11 is 0. The number of nitrogens with one attached hydrogen (secondary N) is 1. The molecule has 3 atom stereocenters. The largest absolute Gasteiger partial charge is 0.377 e. The standard InChI is InChI=1S/C30H31N3O2/c1-32-14-13-23-17-22(11-12-28(23)32)24-9-5-6-10-25(24)26-18-31-19-27(26)30(34)33-15-16-35-20-29(33)21-7-3-2-4-8-21/h2-14,17,26-27,29,31H,15-16,18-20H2,1H3/t26?,27?,29-/m0/s1. The van der Waals surface area contributed by atoms with Gasteiger partial charge in [0.1, 0.15) is 0 Å². The number of carbonyl (C=O) groups excluding carboxylic acids is 1. The van der Waals surface area contributed by atoms with E-state index in [1.54, 1.807) is 0 Å². The van der Waals surface area contributed by atoms with Crippen molar-refractivity contribution in [2.75, 3.05) is 32.8 Å². The molecule has 0 spiro atoms. The SMILES string of the molecule is Cn1ccc2cc(-c3ccccc3C3CNCC3C(=O)N3CCOC[C@H]3c3ccccc3)ccc21. The Hall–Kier alpha value is -3.41. The third kappa shape index (κ3) is 4.05. The summed E-state index contributed by atoms with van der Waals surface area (Å²) in [4.78, 5) is 16.1. The van der Waals surface area contributed by atoms with Gasteiger partial charge < -0.3 is 19.5 Å². The topological polar surface area (TPSA) is 46.5 Å². The minimum Gasteiger partial charge on any atom is -0.377 e. The third-order valence-electron chi connectivity index (χ3n) is 7.68. The van der Waals surface area contributed by atoms with Gasteiger partial charge in [0.25, 0.3) is 0 Å².